The van der Waals surface area contributed by atoms with E-state index in [9.17, 15) is 0 Å². The zero-order chi connectivity index (χ0) is 9.26. The molecule has 0 spiro atoms. The van der Waals surface area contributed by atoms with Gasteiger partial charge in [0.15, 0.2) is 0 Å². The van der Waals surface area contributed by atoms with Crippen LogP contribution in [-0.4, -0.2) is 13.7 Å². The summed E-state index contributed by atoms with van der Waals surface area (Å²) in [5, 5.41) is 3.24. The number of benzene rings is 1. The number of nitrogen functional groups attached to an aromatic ring is 1. The molecule has 1 unspecified atom stereocenters. The molecule has 13 heavy (non-hydrogen) atoms. The van der Waals surface area contributed by atoms with Gasteiger partial charge in [-0.1, -0.05) is 6.07 Å². The van der Waals surface area contributed by atoms with E-state index < -0.39 is 0 Å². The molecule has 0 saturated heterocycles. The highest BCUT2D eigenvalue weighted by Gasteiger charge is 2.21. The number of fused-ring (bicyclic) bond motifs is 1. The van der Waals surface area contributed by atoms with Crippen LogP contribution < -0.4 is 15.8 Å². The SMILES string of the molecule is CNC1CCOc2cccc(N)c21. The lowest BCUT2D eigenvalue weighted by Crippen LogP contribution is -2.25. The second-order valence-electron chi connectivity index (χ2n) is 3.24. The van der Waals surface area contributed by atoms with Crippen LogP contribution in [0.1, 0.15) is 18.0 Å². The fourth-order valence-corrected chi connectivity index (χ4v) is 1.78. The first-order valence-corrected chi connectivity index (χ1v) is 4.51. The maximum Gasteiger partial charge on any atom is 0.126 e. The summed E-state index contributed by atoms with van der Waals surface area (Å²) in [6, 6.07) is 6.14. The Morgan fingerprint density at radius 1 is 1.54 bits per heavy atom. The van der Waals surface area contributed by atoms with E-state index in [1.807, 2.05) is 25.2 Å². The van der Waals surface area contributed by atoms with Crippen LogP contribution in [0.5, 0.6) is 5.75 Å². The summed E-state index contributed by atoms with van der Waals surface area (Å²) in [6.45, 7) is 0.766. The van der Waals surface area contributed by atoms with Gasteiger partial charge in [0.2, 0.25) is 0 Å². The molecule has 1 aliphatic rings. The van der Waals surface area contributed by atoms with Gasteiger partial charge < -0.3 is 15.8 Å². The standard InChI is InChI=1S/C10H14N2O/c1-12-8-5-6-13-9-4-2-3-7(11)10(8)9/h2-4,8,12H,5-6,11H2,1H3. The largest absolute Gasteiger partial charge is 0.493 e. The molecule has 3 heteroatoms. The monoisotopic (exact) mass is 178 g/mol. The van der Waals surface area contributed by atoms with Gasteiger partial charge in [-0.25, -0.2) is 0 Å². The van der Waals surface area contributed by atoms with Gasteiger partial charge in [0.05, 0.1) is 6.61 Å². The molecular formula is C10H14N2O. The van der Waals surface area contributed by atoms with Crippen LogP contribution in [-0.2, 0) is 0 Å². The number of hydrogen-bond donors (Lipinski definition) is 2. The van der Waals surface area contributed by atoms with Crippen LogP contribution in [0.4, 0.5) is 5.69 Å². The van der Waals surface area contributed by atoms with E-state index in [-0.39, 0.29) is 0 Å². The van der Waals surface area contributed by atoms with Crippen LogP contribution in [0.15, 0.2) is 18.2 Å². The Balaban J connectivity index is 2.47. The minimum atomic E-state index is 0.338. The van der Waals surface area contributed by atoms with Crippen molar-refractivity contribution in [3.05, 3.63) is 23.8 Å². The summed E-state index contributed by atoms with van der Waals surface area (Å²) < 4.78 is 5.52. The van der Waals surface area contributed by atoms with Crippen LogP contribution in [0, 0.1) is 0 Å². The number of nitrogens with one attached hydrogen (secondary N) is 1. The molecule has 70 valence electrons. The smallest absolute Gasteiger partial charge is 0.126 e. The van der Waals surface area contributed by atoms with Crippen molar-refractivity contribution >= 4 is 5.69 Å². The van der Waals surface area contributed by atoms with E-state index in [2.05, 4.69) is 5.32 Å². The second-order valence-corrected chi connectivity index (χ2v) is 3.24. The topological polar surface area (TPSA) is 47.3 Å². The van der Waals surface area contributed by atoms with E-state index in [0.29, 0.717) is 6.04 Å². The maximum absolute atomic E-state index is 5.89. The lowest BCUT2D eigenvalue weighted by molar-refractivity contribution is 0.258. The predicted octanol–water partition coefficient (Wildman–Crippen LogP) is 1.31. The number of anilines is 1. The number of hydrogen-bond acceptors (Lipinski definition) is 3. The Kier molecular flexibility index (Phi) is 2.10. The quantitative estimate of drug-likeness (QED) is 0.637. The summed E-state index contributed by atoms with van der Waals surface area (Å²) in [4.78, 5) is 0. The van der Waals surface area contributed by atoms with E-state index in [1.54, 1.807) is 0 Å². The normalized spacial score (nSPS) is 20.5. The molecule has 3 nitrogen and oxygen atoms in total. The molecule has 1 aliphatic heterocycles. The highest BCUT2D eigenvalue weighted by molar-refractivity contribution is 5.56. The lowest BCUT2D eigenvalue weighted by atomic mass is 9.99. The third kappa shape index (κ3) is 1.35. The Morgan fingerprint density at radius 3 is 3.15 bits per heavy atom. The third-order valence-corrected chi connectivity index (χ3v) is 2.46. The molecule has 1 aromatic carbocycles. The molecular weight excluding hydrogens is 164 g/mol. The van der Waals surface area contributed by atoms with Crippen LogP contribution >= 0.6 is 0 Å². The average Bonchev–Trinajstić information content (AvgIpc) is 2.17. The number of nitrogens with two attached hydrogens (primary N) is 1. The van der Waals surface area contributed by atoms with E-state index >= 15 is 0 Å². The van der Waals surface area contributed by atoms with Crippen LogP contribution in [0.2, 0.25) is 0 Å². The molecule has 1 heterocycles. The van der Waals surface area contributed by atoms with Gasteiger partial charge in [-0.05, 0) is 19.2 Å². The maximum atomic E-state index is 5.89. The molecule has 0 saturated carbocycles. The second kappa shape index (κ2) is 3.26. The summed E-state index contributed by atoms with van der Waals surface area (Å²) in [7, 11) is 1.95. The van der Waals surface area contributed by atoms with Crippen molar-refractivity contribution in [2.24, 2.45) is 0 Å². The lowest BCUT2D eigenvalue weighted by Gasteiger charge is -2.26. The Labute approximate surface area is 77.9 Å². The van der Waals surface area contributed by atoms with Gasteiger partial charge in [-0.2, -0.15) is 0 Å². The molecule has 3 N–H and O–H groups in total. The molecule has 1 aromatic rings. The van der Waals surface area contributed by atoms with Crippen LogP contribution in [0.3, 0.4) is 0 Å². The van der Waals surface area contributed by atoms with Crippen molar-refractivity contribution < 1.29 is 4.74 Å². The Hall–Kier alpha value is -1.22. The van der Waals surface area contributed by atoms with Crippen LogP contribution in [0.25, 0.3) is 0 Å². The van der Waals surface area contributed by atoms with E-state index in [1.165, 1.54) is 0 Å². The van der Waals surface area contributed by atoms with Gasteiger partial charge in [0, 0.05) is 23.7 Å². The fourth-order valence-electron chi connectivity index (χ4n) is 1.78. The fraction of sp³-hybridized carbons (Fsp3) is 0.400. The van der Waals surface area contributed by atoms with Gasteiger partial charge in [0.25, 0.3) is 0 Å². The van der Waals surface area contributed by atoms with Gasteiger partial charge in [-0.3, -0.25) is 0 Å². The summed E-state index contributed by atoms with van der Waals surface area (Å²) in [6.07, 6.45) is 0.984. The molecule has 0 amide bonds. The number of rotatable bonds is 1. The molecule has 0 bridgehead atoms. The summed E-state index contributed by atoms with van der Waals surface area (Å²) in [5.41, 5.74) is 7.81. The zero-order valence-electron chi connectivity index (χ0n) is 7.71. The predicted molar refractivity (Wildman–Crippen MR) is 52.8 cm³/mol. The first kappa shape index (κ1) is 8.38. The minimum Gasteiger partial charge on any atom is -0.493 e. The van der Waals surface area contributed by atoms with E-state index in [4.69, 9.17) is 10.5 Å². The van der Waals surface area contributed by atoms with E-state index in [0.717, 1.165) is 30.0 Å². The summed E-state index contributed by atoms with van der Waals surface area (Å²) in [5.74, 6) is 0.922. The minimum absolute atomic E-state index is 0.338. The van der Waals surface area contributed by atoms with Crippen molar-refractivity contribution in [3.63, 3.8) is 0 Å². The molecule has 1 atom stereocenters. The summed E-state index contributed by atoms with van der Waals surface area (Å²) >= 11 is 0. The molecule has 0 aliphatic carbocycles. The molecule has 0 fully saturated rings. The average molecular weight is 178 g/mol. The molecule has 2 rings (SSSR count). The zero-order valence-corrected chi connectivity index (χ0v) is 7.71. The molecule has 0 radical (unpaired) electrons. The van der Waals surface area contributed by atoms with Crippen molar-refractivity contribution in [3.8, 4) is 5.75 Å². The van der Waals surface area contributed by atoms with Crippen molar-refractivity contribution in [2.45, 2.75) is 12.5 Å². The highest BCUT2D eigenvalue weighted by Crippen LogP contribution is 2.35. The highest BCUT2D eigenvalue weighted by atomic mass is 16.5. The first-order valence-electron chi connectivity index (χ1n) is 4.51. The molecule has 0 aromatic heterocycles. The van der Waals surface area contributed by atoms with Crippen molar-refractivity contribution in [1.29, 1.82) is 0 Å². The van der Waals surface area contributed by atoms with Gasteiger partial charge >= 0.3 is 0 Å². The van der Waals surface area contributed by atoms with Crippen molar-refractivity contribution in [1.82, 2.24) is 5.32 Å². The Bertz CT molecular complexity index is 312. The number of ether oxygens (including phenoxy) is 1. The van der Waals surface area contributed by atoms with Gasteiger partial charge in [-0.15, -0.1) is 0 Å². The van der Waals surface area contributed by atoms with Gasteiger partial charge in [0.1, 0.15) is 5.75 Å². The third-order valence-electron chi connectivity index (χ3n) is 2.46. The Morgan fingerprint density at radius 2 is 2.38 bits per heavy atom. The first-order chi connectivity index (χ1) is 6.33. The van der Waals surface area contributed by atoms with Crippen molar-refractivity contribution in [2.75, 3.05) is 19.4 Å².